The maximum Gasteiger partial charge on any atom is 0.255 e. The molecule has 7 heteroatoms. The zero-order chi connectivity index (χ0) is 20.0. The summed E-state index contributed by atoms with van der Waals surface area (Å²) >= 11 is 0. The first-order valence-electron chi connectivity index (χ1n) is 10.1. The van der Waals surface area contributed by atoms with E-state index in [2.05, 4.69) is 30.1 Å². The third-order valence-corrected chi connectivity index (χ3v) is 6.48. The minimum Gasteiger partial charge on any atom is -0.327 e. The van der Waals surface area contributed by atoms with Crippen molar-refractivity contribution in [2.45, 2.75) is 51.9 Å². The van der Waals surface area contributed by atoms with Crippen molar-refractivity contribution < 1.29 is 14.4 Å². The summed E-state index contributed by atoms with van der Waals surface area (Å²) in [7, 11) is 0. The van der Waals surface area contributed by atoms with Crippen LogP contribution in [0.2, 0.25) is 0 Å². The lowest BCUT2D eigenvalue weighted by molar-refractivity contribution is -0.136. The van der Waals surface area contributed by atoms with Gasteiger partial charge in [-0.05, 0) is 35.4 Å². The van der Waals surface area contributed by atoms with E-state index in [-0.39, 0.29) is 30.2 Å². The van der Waals surface area contributed by atoms with Crippen LogP contribution in [0.4, 0.5) is 0 Å². The first-order chi connectivity index (χ1) is 13.3. The lowest BCUT2D eigenvalue weighted by atomic mass is 9.86. The molecule has 3 unspecified atom stereocenters. The molecule has 3 aliphatic rings. The van der Waals surface area contributed by atoms with Gasteiger partial charge < -0.3 is 10.6 Å². The molecule has 3 N–H and O–H groups in total. The van der Waals surface area contributed by atoms with E-state index in [1.54, 1.807) is 4.90 Å². The average Bonchev–Trinajstić information content (AvgIpc) is 2.97. The number of piperidine rings is 2. The van der Waals surface area contributed by atoms with Crippen LogP contribution in [-0.4, -0.2) is 52.7 Å². The number of nitrogens with two attached hydrogens (primary N) is 1. The molecule has 2 fully saturated rings. The van der Waals surface area contributed by atoms with Gasteiger partial charge in [-0.25, -0.2) is 0 Å². The highest BCUT2D eigenvalue weighted by molar-refractivity contribution is 6.05. The first-order valence-corrected chi connectivity index (χ1v) is 10.1. The van der Waals surface area contributed by atoms with Crippen LogP contribution in [0, 0.1) is 11.8 Å². The van der Waals surface area contributed by atoms with Crippen LogP contribution in [0.5, 0.6) is 0 Å². The van der Waals surface area contributed by atoms with Crippen molar-refractivity contribution in [1.29, 1.82) is 0 Å². The Morgan fingerprint density at radius 1 is 1.14 bits per heavy atom. The highest BCUT2D eigenvalue weighted by atomic mass is 16.2. The maximum absolute atomic E-state index is 12.9. The van der Waals surface area contributed by atoms with E-state index in [0.29, 0.717) is 30.4 Å². The topological polar surface area (TPSA) is 95.7 Å². The molecule has 3 heterocycles. The van der Waals surface area contributed by atoms with Gasteiger partial charge in [0.2, 0.25) is 11.8 Å². The summed E-state index contributed by atoms with van der Waals surface area (Å²) in [5, 5.41) is 2.36. The molecule has 0 radical (unpaired) electrons. The second-order valence-electron chi connectivity index (χ2n) is 8.57. The molecule has 0 bridgehead atoms. The molecule has 150 valence electrons. The van der Waals surface area contributed by atoms with Crippen LogP contribution in [-0.2, 0) is 22.7 Å². The number of nitrogens with one attached hydrogen (secondary N) is 1. The fraction of sp³-hybridized carbons (Fsp3) is 0.571. The first kappa shape index (κ1) is 19.1. The normalized spacial score (nSPS) is 31.1. The summed E-state index contributed by atoms with van der Waals surface area (Å²) in [6, 6.07) is 5.48. The Morgan fingerprint density at radius 3 is 2.54 bits per heavy atom. The Kier molecular flexibility index (Phi) is 4.97. The second kappa shape index (κ2) is 7.29. The number of likely N-dealkylation sites (tertiary alicyclic amines) is 1. The van der Waals surface area contributed by atoms with E-state index in [0.717, 1.165) is 30.8 Å². The van der Waals surface area contributed by atoms with Gasteiger partial charge in [0.05, 0.1) is 0 Å². The van der Waals surface area contributed by atoms with Crippen LogP contribution in [0.1, 0.15) is 48.2 Å². The summed E-state index contributed by atoms with van der Waals surface area (Å²) in [5.74, 6) is 0.113. The Labute approximate surface area is 165 Å². The van der Waals surface area contributed by atoms with Crippen molar-refractivity contribution in [1.82, 2.24) is 15.1 Å². The number of nitrogens with zero attached hydrogens (tertiary/aromatic N) is 2. The van der Waals surface area contributed by atoms with Crippen LogP contribution >= 0.6 is 0 Å². The Hall–Kier alpha value is -2.25. The third-order valence-electron chi connectivity index (χ3n) is 6.48. The molecule has 0 spiro atoms. The number of hydrogen-bond acceptors (Lipinski definition) is 5. The zero-order valence-corrected chi connectivity index (χ0v) is 16.5. The van der Waals surface area contributed by atoms with Crippen molar-refractivity contribution in [3.8, 4) is 0 Å². The number of imide groups is 1. The fourth-order valence-electron chi connectivity index (χ4n) is 4.86. The number of rotatable bonds is 3. The van der Waals surface area contributed by atoms with Crippen LogP contribution < -0.4 is 11.1 Å². The molecule has 3 atom stereocenters. The summed E-state index contributed by atoms with van der Waals surface area (Å²) in [6.07, 6.45) is 0.659. The van der Waals surface area contributed by atoms with E-state index in [4.69, 9.17) is 5.73 Å². The molecule has 4 rings (SSSR count). The standard InChI is InChI=1S/C21H28N4O3/c1-12-8-24(9-13(2)19(12)22)10-14-4-3-5-15-16(14)11-25(21(15)28)17-6-7-18(26)23-20(17)27/h3-5,12-13,17,19H,6-11,22H2,1-2H3,(H,23,26,27). The monoisotopic (exact) mass is 384 g/mol. The smallest absolute Gasteiger partial charge is 0.255 e. The molecule has 0 aromatic heterocycles. The highest BCUT2D eigenvalue weighted by Gasteiger charge is 2.40. The van der Waals surface area contributed by atoms with Gasteiger partial charge in [-0.15, -0.1) is 0 Å². The third kappa shape index (κ3) is 3.33. The van der Waals surface area contributed by atoms with Gasteiger partial charge in [0.25, 0.3) is 5.91 Å². The summed E-state index contributed by atoms with van der Waals surface area (Å²) in [5.41, 5.74) is 9.09. The molecule has 2 saturated heterocycles. The van der Waals surface area contributed by atoms with Crippen LogP contribution in [0.15, 0.2) is 18.2 Å². The molecule has 0 saturated carbocycles. The molecule has 0 aliphatic carbocycles. The van der Waals surface area contributed by atoms with Gasteiger partial charge in [-0.3, -0.25) is 24.6 Å². The van der Waals surface area contributed by atoms with Crippen LogP contribution in [0.3, 0.4) is 0 Å². The minimum atomic E-state index is -0.571. The minimum absolute atomic E-state index is 0.117. The molecule has 1 aromatic rings. The van der Waals surface area contributed by atoms with Gasteiger partial charge in [0.15, 0.2) is 0 Å². The van der Waals surface area contributed by atoms with Gasteiger partial charge in [0, 0.05) is 44.2 Å². The van der Waals surface area contributed by atoms with Crippen molar-refractivity contribution in [3.63, 3.8) is 0 Å². The van der Waals surface area contributed by atoms with Crippen molar-refractivity contribution >= 4 is 17.7 Å². The average molecular weight is 384 g/mol. The van der Waals surface area contributed by atoms with Gasteiger partial charge in [0.1, 0.15) is 6.04 Å². The second-order valence-corrected chi connectivity index (χ2v) is 8.57. The predicted octanol–water partition coefficient (Wildman–Crippen LogP) is 0.863. The summed E-state index contributed by atoms with van der Waals surface area (Å²) in [6.45, 7) is 7.48. The van der Waals surface area contributed by atoms with E-state index < -0.39 is 6.04 Å². The molecule has 7 nitrogen and oxygen atoms in total. The molecule has 3 amide bonds. The zero-order valence-electron chi connectivity index (χ0n) is 16.5. The maximum atomic E-state index is 12.9. The summed E-state index contributed by atoms with van der Waals surface area (Å²) in [4.78, 5) is 40.7. The molecule has 3 aliphatic heterocycles. The van der Waals surface area contributed by atoms with Crippen molar-refractivity contribution in [2.24, 2.45) is 17.6 Å². The molecule has 1 aromatic carbocycles. The molecular weight excluding hydrogens is 356 g/mol. The Balaban J connectivity index is 1.53. The van der Waals surface area contributed by atoms with E-state index in [9.17, 15) is 14.4 Å². The summed E-state index contributed by atoms with van der Waals surface area (Å²) < 4.78 is 0. The number of carbonyl (C=O) groups excluding carboxylic acids is 3. The predicted molar refractivity (Wildman–Crippen MR) is 104 cm³/mol. The quantitative estimate of drug-likeness (QED) is 0.754. The molecular formula is C21H28N4O3. The van der Waals surface area contributed by atoms with E-state index >= 15 is 0 Å². The highest BCUT2D eigenvalue weighted by Crippen LogP contribution is 2.31. The van der Waals surface area contributed by atoms with Gasteiger partial charge >= 0.3 is 0 Å². The Bertz CT molecular complexity index is 812. The largest absolute Gasteiger partial charge is 0.327 e. The van der Waals surface area contributed by atoms with E-state index in [1.165, 1.54) is 0 Å². The van der Waals surface area contributed by atoms with Crippen LogP contribution in [0.25, 0.3) is 0 Å². The number of amides is 3. The van der Waals surface area contributed by atoms with Crippen molar-refractivity contribution in [2.75, 3.05) is 13.1 Å². The number of hydrogen-bond donors (Lipinski definition) is 2. The van der Waals surface area contributed by atoms with Crippen molar-refractivity contribution in [3.05, 3.63) is 34.9 Å². The number of fused-ring (bicyclic) bond motifs is 1. The van der Waals surface area contributed by atoms with Gasteiger partial charge in [-0.2, -0.15) is 0 Å². The lowest BCUT2D eigenvalue weighted by Gasteiger charge is -2.39. The Morgan fingerprint density at radius 2 is 1.86 bits per heavy atom. The fourth-order valence-corrected chi connectivity index (χ4v) is 4.86. The molecule has 28 heavy (non-hydrogen) atoms. The number of carbonyl (C=O) groups is 3. The SMILES string of the molecule is CC1CN(Cc2cccc3c2CN(C2CCC(=O)NC2=O)C3=O)CC(C)C1N. The lowest BCUT2D eigenvalue weighted by Crippen LogP contribution is -2.52. The van der Waals surface area contributed by atoms with Gasteiger partial charge in [-0.1, -0.05) is 26.0 Å². The number of benzene rings is 1. The van der Waals surface area contributed by atoms with E-state index in [1.807, 2.05) is 12.1 Å².